The van der Waals surface area contributed by atoms with Gasteiger partial charge in [0.1, 0.15) is 22.9 Å². The molecule has 2 aromatic rings. The van der Waals surface area contributed by atoms with Crippen LogP contribution in [0.25, 0.3) is 0 Å². The molecule has 0 fully saturated rings. The van der Waals surface area contributed by atoms with Gasteiger partial charge in [0.15, 0.2) is 0 Å². The zero-order valence-corrected chi connectivity index (χ0v) is 18.5. The third-order valence-electron chi connectivity index (χ3n) is 3.26. The fourth-order valence-corrected chi connectivity index (χ4v) is 2.66. The van der Waals surface area contributed by atoms with E-state index >= 15 is 0 Å². The first kappa shape index (κ1) is 24.9. The summed E-state index contributed by atoms with van der Waals surface area (Å²) in [6.07, 6.45) is 0. The molecular formula is C17H20Cl2N2O7P+. The van der Waals surface area contributed by atoms with Crippen molar-refractivity contribution in [3.05, 3.63) is 50.5 Å². The van der Waals surface area contributed by atoms with E-state index < -0.39 is 13.2 Å². The summed E-state index contributed by atoms with van der Waals surface area (Å²) in [6, 6.07) is 7.47. The van der Waals surface area contributed by atoms with Crippen molar-refractivity contribution in [2.75, 3.05) is 33.2 Å². The first-order chi connectivity index (χ1) is 13.8. The van der Waals surface area contributed by atoms with E-state index in [2.05, 4.69) is 14.4 Å². The van der Waals surface area contributed by atoms with Crippen LogP contribution < -0.4 is 14.8 Å². The number of halogens is 2. The van der Waals surface area contributed by atoms with Crippen molar-refractivity contribution < 1.29 is 28.0 Å². The second kappa shape index (κ2) is 12.4. The van der Waals surface area contributed by atoms with Gasteiger partial charge in [-0.05, 0) is 19.1 Å². The molecule has 9 nitrogen and oxygen atoms in total. The summed E-state index contributed by atoms with van der Waals surface area (Å²) in [5, 5.41) is 14.6. The highest BCUT2D eigenvalue weighted by Gasteiger charge is 2.16. The number of methoxy groups -OCH3 is 1. The van der Waals surface area contributed by atoms with E-state index in [4.69, 9.17) is 32.7 Å². The Kier molecular flexibility index (Phi) is 10.6. The summed E-state index contributed by atoms with van der Waals surface area (Å²) in [6.45, 7) is 2.39. The van der Waals surface area contributed by atoms with Gasteiger partial charge >= 0.3 is 8.25 Å². The van der Waals surface area contributed by atoms with E-state index in [-0.39, 0.29) is 5.69 Å². The van der Waals surface area contributed by atoms with Crippen LogP contribution in [0.3, 0.4) is 0 Å². The molecule has 29 heavy (non-hydrogen) atoms. The van der Waals surface area contributed by atoms with Crippen molar-refractivity contribution in [1.82, 2.24) is 0 Å². The van der Waals surface area contributed by atoms with E-state index in [1.807, 2.05) is 6.92 Å². The fourth-order valence-electron chi connectivity index (χ4n) is 2.02. The molecule has 12 heteroatoms. The highest BCUT2D eigenvalue weighted by atomic mass is 35.5. The topological polar surface area (TPSA) is 109 Å². The number of hydrogen-bond donors (Lipinski definition) is 1. The number of hydrogen-bond acceptors (Lipinski definition) is 8. The monoisotopic (exact) mass is 465 g/mol. The smallest absolute Gasteiger partial charge is 0.495 e. The fraction of sp³-hybridized carbons (Fsp3) is 0.294. The van der Waals surface area contributed by atoms with Crippen molar-refractivity contribution >= 4 is 42.8 Å². The molecule has 0 unspecified atom stereocenters. The number of nitro benzene ring substituents is 1. The Morgan fingerprint density at radius 2 is 1.69 bits per heavy atom. The lowest BCUT2D eigenvalue weighted by Gasteiger charge is -2.12. The molecule has 0 bridgehead atoms. The number of nitrogens with one attached hydrogen (secondary N) is 1. The molecule has 0 saturated carbocycles. The van der Waals surface area contributed by atoms with Gasteiger partial charge < -0.3 is 14.8 Å². The summed E-state index contributed by atoms with van der Waals surface area (Å²) in [5.74, 6) is 1.15. The molecule has 0 aromatic heterocycles. The molecule has 0 amide bonds. The van der Waals surface area contributed by atoms with Crippen LogP contribution in [0, 0.1) is 10.1 Å². The Morgan fingerprint density at radius 1 is 1.07 bits per heavy atom. The van der Waals surface area contributed by atoms with Gasteiger partial charge in [-0.1, -0.05) is 23.2 Å². The Bertz CT molecular complexity index is 862. The number of nitro groups is 1. The minimum Gasteiger partial charge on any atom is -0.495 e. The molecule has 0 aliphatic rings. The van der Waals surface area contributed by atoms with E-state index in [0.29, 0.717) is 39.5 Å². The number of benzene rings is 2. The van der Waals surface area contributed by atoms with Gasteiger partial charge in [-0.2, -0.15) is 0 Å². The molecule has 0 atom stereocenters. The van der Waals surface area contributed by atoms with Crippen LogP contribution in [0.5, 0.6) is 17.2 Å². The maximum Gasteiger partial charge on any atom is 0.696 e. The molecule has 1 N–H and O–H groups in total. The van der Waals surface area contributed by atoms with Gasteiger partial charge in [-0.25, -0.2) is 0 Å². The Balaban J connectivity index is 0.000000612. The third kappa shape index (κ3) is 7.64. The maximum absolute atomic E-state index is 11.0. The first-order valence-corrected chi connectivity index (χ1v) is 9.91. The van der Waals surface area contributed by atoms with Gasteiger partial charge in [0.05, 0.1) is 36.3 Å². The molecule has 0 heterocycles. The maximum atomic E-state index is 11.0. The number of anilines is 1. The van der Waals surface area contributed by atoms with E-state index in [1.165, 1.54) is 39.5 Å². The Labute approximate surface area is 178 Å². The molecular weight excluding hydrogens is 446 g/mol. The van der Waals surface area contributed by atoms with Crippen molar-refractivity contribution in [2.45, 2.75) is 6.92 Å². The van der Waals surface area contributed by atoms with Gasteiger partial charge in [0, 0.05) is 29.3 Å². The molecule has 0 radical (unpaired) electrons. The lowest BCUT2D eigenvalue weighted by molar-refractivity contribution is -0.384. The van der Waals surface area contributed by atoms with Crippen molar-refractivity contribution in [1.29, 1.82) is 0 Å². The minimum atomic E-state index is -1.83. The third-order valence-corrected chi connectivity index (χ3v) is 4.45. The summed E-state index contributed by atoms with van der Waals surface area (Å²) < 4.78 is 29.1. The van der Waals surface area contributed by atoms with Gasteiger partial charge in [0.25, 0.3) is 5.69 Å². The second-order valence-corrected chi connectivity index (χ2v) is 7.07. The minimum absolute atomic E-state index is 0.0287. The summed E-state index contributed by atoms with van der Waals surface area (Å²) in [7, 11) is 2.30. The average Bonchev–Trinajstić information content (AvgIpc) is 2.70. The lowest BCUT2D eigenvalue weighted by atomic mass is 10.2. The van der Waals surface area contributed by atoms with Crippen LogP contribution in [0.4, 0.5) is 11.4 Å². The van der Waals surface area contributed by atoms with E-state index in [9.17, 15) is 14.7 Å². The van der Waals surface area contributed by atoms with Crippen molar-refractivity contribution in [2.24, 2.45) is 0 Å². The van der Waals surface area contributed by atoms with Gasteiger partial charge in [-0.3, -0.25) is 10.1 Å². The van der Waals surface area contributed by atoms with Crippen molar-refractivity contribution in [3.63, 3.8) is 0 Å². The number of ether oxygens (including phenoxy) is 2. The lowest BCUT2D eigenvalue weighted by Crippen LogP contribution is -2.01. The highest BCUT2D eigenvalue weighted by Crippen LogP contribution is 2.39. The Morgan fingerprint density at radius 3 is 2.17 bits per heavy atom. The van der Waals surface area contributed by atoms with Crippen LogP contribution >= 0.6 is 31.5 Å². The summed E-state index contributed by atoms with van der Waals surface area (Å²) >= 11 is 12.1. The highest BCUT2D eigenvalue weighted by molar-refractivity contribution is 7.33. The average molecular weight is 466 g/mol. The Hall–Kier alpha value is -2.16. The quantitative estimate of drug-likeness (QED) is 0.284. The number of rotatable bonds is 8. The van der Waals surface area contributed by atoms with E-state index in [0.717, 1.165) is 0 Å². The molecule has 0 spiro atoms. The van der Waals surface area contributed by atoms with Crippen LogP contribution in [0.2, 0.25) is 10.0 Å². The second-order valence-electron chi connectivity index (χ2n) is 5.07. The zero-order valence-electron chi connectivity index (χ0n) is 16.1. The van der Waals surface area contributed by atoms with Crippen LogP contribution in [0.1, 0.15) is 6.92 Å². The predicted molar refractivity (Wildman–Crippen MR) is 112 cm³/mol. The van der Waals surface area contributed by atoms with E-state index in [1.54, 1.807) is 12.1 Å². The summed E-state index contributed by atoms with van der Waals surface area (Å²) in [5.41, 5.74) is 0.339. The standard InChI is InChI=1S/C15H14Cl2N2O4.C2H6O3P/c1-3-18-12-6-9(4-5-13(12)19(20)21)23-15-8-14(22-2)10(16)7-11(15)17;1-4-6(3)5-2/h4-8,18H,3H2,1-2H3;1-2H3/q;+1. The predicted octanol–water partition coefficient (Wildman–Crippen LogP) is 6.07. The molecule has 0 aliphatic heterocycles. The largest absolute Gasteiger partial charge is 0.696 e. The van der Waals surface area contributed by atoms with Crippen LogP contribution in [-0.4, -0.2) is 32.8 Å². The first-order valence-electron chi connectivity index (χ1n) is 8.05. The van der Waals surface area contributed by atoms with Crippen molar-refractivity contribution in [3.8, 4) is 17.2 Å². The molecule has 0 saturated heterocycles. The number of nitrogens with zero attached hydrogens (tertiary/aromatic N) is 1. The van der Waals surface area contributed by atoms with Gasteiger partial charge in [0.2, 0.25) is 0 Å². The van der Waals surface area contributed by atoms with Crippen LogP contribution in [0.15, 0.2) is 30.3 Å². The van der Waals surface area contributed by atoms with Crippen LogP contribution in [-0.2, 0) is 13.6 Å². The molecule has 2 aromatic carbocycles. The zero-order chi connectivity index (χ0) is 22.0. The van der Waals surface area contributed by atoms with Gasteiger partial charge in [-0.15, -0.1) is 9.05 Å². The SMILES string of the molecule is CCNc1cc(Oc2cc(OC)c(Cl)cc2Cl)ccc1[N+](=O)[O-].CO[P+](=O)OC. The molecule has 0 aliphatic carbocycles. The normalized spacial score (nSPS) is 9.86. The summed E-state index contributed by atoms with van der Waals surface area (Å²) in [4.78, 5) is 10.6. The molecule has 158 valence electrons. The molecule has 2 rings (SSSR count).